The van der Waals surface area contributed by atoms with Crippen LogP contribution in [0.5, 0.6) is 0 Å². The van der Waals surface area contributed by atoms with E-state index in [4.69, 9.17) is 11.6 Å². The Morgan fingerprint density at radius 3 is 2.50 bits per heavy atom. The molecule has 0 saturated heterocycles. The van der Waals surface area contributed by atoms with Crippen molar-refractivity contribution in [2.24, 2.45) is 0 Å². The highest BCUT2D eigenvalue weighted by Gasteiger charge is 2.18. The molecule has 0 aliphatic heterocycles. The maximum absolute atomic E-state index is 13.7. The first-order chi connectivity index (χ1) is 11.6. The van der Waals surface area contributed by atoms with Gasteiger partial charge in [-0.15, -0.1) is 0 Å². The van der Waals surface area contributed by atoms with Gasteiger partial charge in [-0.2, -0.15) is 11.3 Å². The van der Waals surface area contributed by atoms with Gasteiger partial charge in [-0.1, -0.05) is 41.9 Å². The van der Waals surface area contributed by atoms with E-state index in [0.717, 1.165) is 11.1 Å². The van der Waals surface area contributed by atoms with E-state index in [9.17, 15) is 9.18 Å². The summed E-state index contributed by atoms with van der Waals surface area (Å²) in [6, 6.07) is 15.3. The number of carbonyl (C=O) groups excluding carboxylic acids is 1. The molecule has 0 aliphatic rings. The molecule has 0 fully saturated rings. The van der Waals surface area contributed by atoms with Crippen LogP contribution in [0.4, 0.5) is 4.39 Å². The van der Waals surface area contributed by atoms with Gasteiger partial charge >= 0.3 is 0 Å². The average Bonchev–Trinajstić information content (AvgIpc) is 3.10. The number of hydrogen-bond acceptors (Lipinski definition) is 2. The minimum Gasteiger partial charge on any atom is -0.345 e. The minimum absolute atomic E-state index is 0.000893. The van der Waals surface area contributed by atoms with Crippen LogP contribution < -0.4 is 5.32 Å². The third kappa shape index (κ3) is 4.02. The van der Waals surface area contributed by atoms with Crippen molar-refractivity contribution >= 4 is 28.8 Å². The van der Waals surface area contributed by atoms with Crippen LogP contribution in [-0.4, -0.2) is 5.91 Å². The normalized spacial score (nSPS) is 11.9. The number of hydrogen-bond donors (Lipinski definition) is 1. The lowest BCUT2D eigenvalue weighted by atomic mass is 10.0. The molecule has 2 nitrogen and oxygen atoms in total. The topological polar surface area (TPSA) is 29.1 Å². The summed E-state index contributed by atoms with van der Waals surface area (Å²) in [5, 5.41) is 7.58. The number of halogens is 2. The molecule has 1 heterocycles. The van der Waals surface area contributed by atoms with Crippen LogP contribution in [0.25, 0.3) is 0 Å². The summed E-state index contributed by atoms with van der Waals surface area (Å²) < 4.78 is 13.7. The predicted molar refractivity (Wildman–Crippen MR) is 95.9 cm³/mol. The summed E-state index contributed by atoms with van der Waals surface area (Å²) in [6.07, 6.45) is 0.000893. The molecular formula is C19H15ClFNOS. The summed E-state index contributed by atoms with van der Waals surface area (Å²) in [5.41, 5.74) is 2.30. The molecule has 3 rings (SSSR count). The number of benzene rings is 2. The zero-order chi connectivity index (χ0) is 16.9. The van der Waals surface area contributed by atoms with Crippen molar-refractivity contribution in [2.75, 3.05) is 0 Å². The molecule has 0 spiro atoms. The van der Waals surface area contributed by atoms with Gasteiger partial charge in [0, 0.05) is 5.02 Å². The number of rotatable bonds is 5. The molecule has 5 heteroatoms. The molecule has 122 valence electrons. The van der Waals surface area contributed by atoms with Crippen LogP contribution in [0.2, 0.25) is 5.02 Å². The predicted octanol–water partition coefficient (Wildman–Crippen LogP) is 4.99. The first kappa shape index (κ1) is 16.7. The fourth-order valence-electron chi connectivity index (χ4n) is 2.48. The van der Waals surface area contributed by atoms with Gasteiger partial charge in [-0.05, 0) is 51.7 Å². The number of carbonyl (C=O) groups is 1. The molecule has 24 heavy (non-hydrogen) atoms. The Morgan fingerprint density at radius 2 is 1.83 bits per heavy atom. The molecule has 0 aliphatic carbocycles. The highest BCUT2D eigenvalue weighted by Crippen LogP contribution is 2.25. The van der Waals surface area contributed by atoms with Gasteiger partial charge in [0.2, 0.25) is 5.91 Å². The molecule has 1 N–H and O–H groups in total. The van der Waals surface area contributed by atoms with Gasteiger partial charge in [0.25, 0.3) is 0 Å². The summed E-state index contributed by atoms with van der Waals surface area (Å²) in [6.45, 7) is 0. The third-order valence-corrected chi connectivity index (χ3v) is 4.65. The first-order valence-corrected chi connectivity index (χ1v) is 8.76. The Kier molecular flexibility index (Phi) is 5.28. The van der Waals surface area contributed by atoms with Crippen LogP contribution >= 0.6 is 22.9 Å². The fourth-order valence-corrected chi connectivity index (χ4v) is 3.29. The van der Waals surface area contributed by atoms with Crippen molar-refractivity contribution in [2.45, 2.75) is 12.5 Å². The van der Waals surface area contributed by atoms with Crippen LogP contribution in [0.3, 0.4) is 0 Å². The summed E-state index contributed by atoms with van der Waals surface area (Å²) in [4.78, 5) is 12.4. The van der Waals surface area contributed by atoms with E-state index in [2.05, 4.69) is 5.32 Å². The molecule has 1 atom stereocenters. The van der Waals surface area contributed by atoms with Crippen LogP contribution in [0, 0.1) is 5.82 Å². The van der Waals surface area contributed by atoms with Crippen LogP contribution in [0.15, 0.2) is 65.4 Å². The minimum atomic E-state index is -0.369. The lowest BCUT2D eigenvalue weighted by Crippen LogP contribution is -2.30. The van der Waals surface area contributed by atoms with Gasteiger partial charge in [0.15, 0.2) is 0 Å². The van der Waals surface area contributed by atoms with E-state index in [1.165, 1.54) is 6.07 Å². The maximum atomic E-state index is 13.7. The molecule has 1 amide bonds. The molecule has 1 aromatic heterocycles. The van der Waals surface area contributed by atoms with Gasteiger partial charge in [-0.25, -0.2) is 4.39 Å². The molecule has 0 radical (unpaired) electrons. The van der Waals surface area contributed by atoms with Gasteiger partial charge in [0.05, 0.1) is 12.5 Å². The second-order valence-electron chi connectivity index (χ2n) is 5.38. The van der Waals surface area contributed by atoms with E-state index < -0.39 is 0 Å². The fraction of sp³-hybridized carbons (Fsp3) is 0.105. The van der Waals surface area contributed by atoms with E-state index in [1.807, 2.05) is 29.0 Å². The Labute approximate surface area is 148 Å². The zero-order valence-electron chi connectivity index (χ0n) is 12.7. The number of thiophene rings is 1. The Balaban J connectivity index is 1.81. The SMILES string of the molecule is O=C(Cc1ccccc1F)N[C@@H](c1ccc(Cl)cc1)c1ccsc1. The first-order valence-electron chi connectivity index (χ1n) is 7.44. The van der Waals surface area contributed by atoms with Gasteiger partial charge < -0.3 is 5.32 Å². The second-order valence-corrected chi connectivity index (χ2v) is 6.59. The summed E-state index contributed by atoms with van der Waals surface area (Å²) in [7, 11) is 0. The van der Waals surface area contributed by atoms with E-state index in [1.54, 1.807) is 41.7 Å². The molecular weight excluding hydrogens is 345 g/mol. The summed E-state index contributed by atoms with van der Waals surface area (Å²) >= 11 is 7.51. The largest absolute Gasteiger partial charge is 0.345 e. The van der Waals surface area contributed by atoms with E-state index in [-0.39, 0.29) is 24.2 Å². The Morgan fingerprint density at radius 1 is 1.08 bits per heavy atom. The van der Waals surface area contributed by atoms with Crippen LogP contribution in [-0.2, 0) is 11.2 Å². The monoisotopic (exact) mass is 359 g/mol. The van der Waals surface area contributed by atoms with Crippen molar-refractivity contribution in [3.8, 4) is 0 Å². The lowest BCUT2D eigenvalue weighted by Gasteiger charge is -2.19. The maximum Gasteiger partial charge on any atom is 0.225 e. The number of amides is 1. The van der Waals surface area contributed by atoms with Gasteiger partial charge in [0.1, 0.15) is 5.82 Å². The van der Waals surface area contributed by atoms with Crippen molar-refractivity contribution < 1.29 is 9.18 Å². The second kappa shape index (κ2) is 7.60. The van der Waals surface area contributed by atoms with Crippen molar-refractivity contribution in [1.29, 1.82) is 0 Å². The average molecular weight is 360 g/mol. The highest BCUT2D eigenvalue weighted by atomic mass is 35.5. The van der Waals surface area contributed by atoms with E-state index >= 15 is 0 Å². The molecule has 3 aromatic rings. The van der Waals surface area contributed by atoms with Crippen molar-refractivity contribution in [3.63, 3.8) is 0 Å². The Bertz CT molecular complexity index is 818. The van der Waals surface area contributed by atoms with E-state index in [0.29, 0.717) is 10.6 Å². The number of nitrogens with one attached hydrogen (secondary N) is 1. The van der Waals surface area contributed by atoms with Crippen LogP contribution in [0.1, 0.15) is 22.7 Å². The molecule has 2 aromatic carbocycles. The standard InChI is InChI=1S/C19H15ClFNOS/c20-16-7-5-13(6-8-16)19(15-9-10-24-12-15)22-18(23)11-14-3-1-2-4-17(14)21/h1-10,12,19H,11H2,(H,22,23)/t19-/m0/s1. The molecule has 0 saturated carbocycles. The third-order valence-electron chi connectivity index (χ3n) is 3.69. The van der Waals surface area contributed by atoms with Gasteiger partial charge in [-0.3, -0.25) is 4.79 Å². The Hall–Kier alpha value is -2.17. The smallest absolute Gasteiger partial charge is 0.225 e. The molecule has 0 bridgehead atoms. The lowest BCUT2D eigenvalue weighted by molar-refractivity contribution is -0.121. The molecule has 0 unspecified atom stereocenters. The zero-order valence-corrected chi connectivity index (χ0v) is 14.3. The van der Waals surface area contributed by atoms with Crippen molar-refractivity contribution in [1.82, 2.24) is 5.32 Å². The quantitative estimate of drug-likeness (QED) is 0.683. The summed E-state index contributed by atoms with van der Waals surface area (Å²) in [5.74, 6) is -0.600. The highest BCUT2D eigenvalue weighted by molar-refractivity contribution is 7.08. The van der Waals surface area contributed by atoms with Crippen molar-refractivity contribution in [3.05, 3.63) is 92.9 Å².